The van der Waals surface area contributed by atoms with Gasteiger partial charge in [-0.2, -0.15) is 0 Å². The van der Waals surface area contributed by atoms with E-state index in [4.69, 9.17) is 10.5 Å². The van der Waals surface area contributed by atoms with Crippen molar-refractivity contribution in [1.29, 1.82) is 0 Å². The van der Waals surface area contributed by atoms with Crippen LogP contribution in [0.3, 0.4) is 0 Å². The molecule has 1 aliphatic heterocycles. The van der Waals surface area contributed by atoms with E-state index in [-0.39, 0.29) is 40.1 Å². The maximum Gasteiger partial charge on any atom is 0.410 e. The second-order valence-corrected chi connectivity index (χ2v) is 11.6. The van der Waals surface area contributed by atoms with E-state index in [9.17, 15) is 18.8 Å². The molecule has 5 heterocycles. The molecule has 1 aliphatic rings. The number of nitrogens with two attached hydrogens (primary N) is 1. The molecule has 0 saturated carbocycles. The number of rotatable bonds is 4. The summed E-state index contributed by atoms with van der Waals surface area (Å²) in [5.41, 5.74) is 6.48. The van der Waals surface area contributed by atoms with E-state index in [1.165, 1.54) is 22.9 Å². The Hall–Kier alpha value is -4.81. The first-order valence-electron chi connectivity index (χ1n) is 13.5. The van der Waals surface area contributed by atoms with E-state index in [0.29, 0.717) is 30.0 Å². The van der Waals surface area contributed by atoms with Crippen LogP contribution in [0, 0.1) is 12.7 Å². The lowest BCUT2D eigenvalue weighted by atomic mass is 10.1. The zero-order valence-corrected chi connectivity index (χ0v) is 24.3. The van der Waals surface area contributed by atoms with Gasteiger partial charge in [-0.1, -0.05) is 0 Å². The molecule has 0 bridgehead atoms. The summed E-state index contributed by atoms with van der Waals surface area (Å²) in [5.74, 6) is -1.34. The Labute approximate surface area is 241 Å². The van der Waals surface area contributed by atoms with E-state index >= 15 is 0 Å². The van der Waals surface area contributed by atoms with Crippen molar-refractivity contribution in [3.05, 3.63) is 59.6 Å². The molecule has 4 aromatic heterocycles. The average molecular weight is 577 g/mol. The van der Waals surface area contributed by atoms with Crippen molar-refractivity contribution in [3.63, 3.8) is 0 Å². The largest absolute Gasteiger partial charge is 0.444 e. The second kappa shape index (κ2) is 10.5. The summed E-state index contributed by atoms with van der Waals surface area (Å²) in [6.07, 6.45) is 5.51. The standard InChI is InChI=1S/C29H33FN8O4/c1-15-11-36-14-19(8-22(30)26(36)34-15)35-27(40)21-10-33-25(20-7-18(24(31)39)9-32-23(20)21)37-12-16(2)38(17(3)13-37)28(41)42-29(4,5)6/h7-11,14,16-17H,12-13H2,1-6H3,(H2,31,39)(H,35,40)/t16-,17+. The summed E-state index contributed by atoms with van der Waals surface area (Å²) >= 11 is 0. The van der Waals surface area contributed by atoms with Crippen molar-refractivity contribution >= 4 is 46.0 Å². The van der Waals surface area contributed by atoms with Crippen molar-refractivity contribution in [3.8, 4) is 0 Å². The van der Waals surface area contributed by atoms with Crippen LogP contribution < -0.4 is 16.0 Å². The molecule has 0 radical (unpaired) electrons. The Morgan fingerprint density at radius 1 is 1.07 bits per heavy atom. The van der Waals surface area contributed by atoms with Gasteiger partial charge in [-0.05, 0) is 47.6 Å². The maximum atomic E-state index is 14.6. The molecule has 3 amide bonds. The molecule has 42 heavy (non-hydrogen) atoms. The number of pyridine rings is 3. The molecule has 13 heteroatoms. The zero-order valence-electron chi connectivity index (χ0n) is 24.3. The van der Waals surface area contributed by atoms with Crippen LogP contribution in [0.1, 0.15) is 61.0 Å². The number of ether oxygens (including phenoxy) is 1. The van der Waals surface area contributed by atoms with Gasteiger partial charge >= 0.3 is 6.09 Å². The molecule has 12 nitrogen and oxygen atoms in total. The number of carbonyl (C=O) groups is 3. The topological polar surface area (TPSA) is 148 Å². The predicted molar refractivity (Wildman–Crippen MR) is 155 cm³/mol. The van der Waals surface area contributed by atoms with Gasteiger partial charge in [-0.15, -0.1) is 0 Å². The Kier molecular flexibility index (Phi) is 7.21. The maximum absolute atomic E-state index is 14.6. The molecular formula is C29H33FN8O4. The number of piperazine rings is 1. The summed E-state index contributed by atoms with van der Waals surface area (Å²) in [6, 6.07) is 2.29. The molecule has 2 atom stereocenters. The first-order valence-corrected chi connectivity index (χ1v) is 13.5. The Balaban J connectivity index is 1.49. The average Bonchev–Trinajstić information content (AvgIpc) is 3.26. The van der Waals surface area contributed by atoms with Crippen LogP contribution in [0.4, 0.5) is 20.7 Å². The Morgan fingerprint density at radius 3 is 2.40 bits per heavy atom. The van der Waals surface area contributed by atoms with Crippen LogP contribution in [-0.2, 0) is 4.74 Å². The lowest BCUT2D eigenvalue weighted by Crippen LogP contribution is -2.59. The van der Waals surface area contributed by atoms with Gasteiger partial charge in [0, 0.05) is 49.3 Å². The van der Waals surface area contributed by atoms with Gasteiger partial charge in [0.15, 0.2) is 11.5 Å². The number of aromatic nitrogens is 4. The summed E-state index contributed by atoms with van der Waals surface area (Å²) in [7, 11) is 0. The fourth-order valence-electron chi connectivity index (χ4n) is 5.28. The summed E-state index contributed by atoms with van der Waals surface area (Å²) < 4.78 is 21.7. The van der Waals surface area contributed by atoms with Gasteiger partial charge in [-0.3, -0.25) is 19.5 Å². The quantitative estimate of drug-likeness (QED) is 0.372. The number of hydrogen-bond donors (Lipinski definition) is 2. The Bertz CT molecular complexity index is 1720. The lowest BCUT2D eigenvalue weighted by molar-refractivity contribution is 0.00560. The van der Waals surface area contributed by atoms with E-state index in [1.807, 2.05) is 39.5 Å². The van der Waals surface area contributed by atoms with Crippen molar-refractivity contribution in [2.75, 3.05) is 23.3 Å². The fraction of sp³-hybridized carbons (Fsp3) is 0.379. The highest BCUT2D eigenvalue weighted by Crippen LogP contribution is 2.31. The highest BCUT2D eigenvalue weighted by atomic mass is 19.1. The minimum atomic E-state index is -0.680. The molecule has 0 aliphatic carbocycles. The highest BCUT2D eigenvalue weighted by molar-refractivity contribution is 6.14. The molecule has 5 rings (SSSR count). The van der Waals surface area contributed by atoms with Crippen LogP contribution in [0.2, 0.25) is 0 Å². The van der Waals surface area contributed by atoms with Crippen LogP contribution in [0.25, 0.3) is 16.6 Å². The number of amides is 3. The van der Waals surface area contributed by atoms with E-state index in [0.717, 1.165) is 0 Å². The number of nitrogens with one attached hydrogen (secondary N) is 1. The second-order valence-electron chi connectivity index (χ2n) is 11.6. The minimum absolute atomic E-state index is 0.126. The molecule has 0 aromatic carbocycles. The van der Waals surface area contributed by atoms with Crippen molar-refractivity contribution in [2.45, 2.75) is 59.2 Å². The van der Waals surface area contributed by atoms with Crippen molar-refractivity contribution < 1.29 is 23.5 Å². The van der Waals surface area contributed by atoms with Gasteiger partial charge in [-0.25, -0.2) is 19.2 Å². The zero-order chi connectivity index (χ0) is 30.5. The summed E-state index contributed by atoms with van der Waals surface area (Å²) in [4.78, 5) is 55.2. The number of primary amides is 1. The van der Waals surface area contributed by atoms with Crippen LogP contribution in [0.15, 0.2) is 36.9 Å². The first kappa shape index (κ1) is 28.7. The van der Waals surface area contributed by atoms with Crippen LogP contribution >= 0.6 is 0 Å². The Morgan fingerprint density at radius 2 is 1.76 bits per heavy atom. The summed E-state index contributed by atoms with van der Waals surface area (Å²) in [5, 5.41) is 3.15. The normalized spacial score (nSPS) is 17.5. The van der Waals surface area contributed by atoms with Gasteiger partial charge in [0.25, 0.3) is 5.91 Å². The molecule has 3 N–H and O–H groups in total. The number of nitrogens with zero attached hydrogens (tertiary/aromatic N) is 6. The monoisotopic (exact) mass is 576 g/mol. The van der Waals surface area contributed by atoms with Crippen molar-refractivity contribution in [1.82, 2.24) is 24.3 Å². The number of anilines is 2. The number of fused-ring (bicyclic) bond motifs is 2. The third-order valence-corrected chi connectivity index (χ3v) is 6.94. The first-order chi connectivity index (χ1) is 19.7. The smallest absolute Gasteiger partial charge is 0.410 e. The summed E-state index contributed by atoms with van der Waals surface area (Å²) in [6.45, 7) is 11.9. The molecular weight excluding hydrogens is 543 g/mol. The SMILES string of the molecule is Cc1cn2cc(NC(=O)c3cnc(N4C[C@@H](C)N(C(=O)OC(C)(C)C)[C@@H](C)C4)c4cc(C(N)=O)cnc34)cc(F)c2n1. The fourth-order valence-corrected chi connectivity index (χ4v) is 5.28. The molecule has 220 valence electrons. The third-order valence-electron chi connectivity index (χ3n) is 6.94. The van der Waals surface area contributed by atoms with Crippen LogP contribution in [0.5, 0.6) is 0 Å². The third kappa shape index (κ3) is 5.54. The number of aryl methyl sites for hydroxylation is 1. The van der Waals surface area contributed by atoms with E-state index < -0.39 is 29.3 Å². The van der Waals surface area contributed by atoms with Crippen LogP contribution in [-0.4, -0.2) is 72.9 Å². The number of hydrogen-bond acceptors (Lipinski definition) is 8. The highest BCUT2D eigenvalue weighted by Gasteiger charge is 2.36. The minimum Gasteiger partial charge on any atom is -0.444 e. The number of halogens is 1. The van der Waals surface area contributed by atoms with Gasteiger partial charge in [0.2, 0.25) is 5.91 Å². The van der Waals surface area contributed by atoms with E-state index in [2.05, 4.69) is 20.3 Å². The van der Waals surface area contributed by atoms with E-state index in [1.54, 1.807) is 30.3 Å². The van der Waals surface area contributed by atoms with Gasteiger partial charge < -0.3 is 25.1 Å². The predicted octanol–water partition coefficient (Wildman–Crippen LogP) is 3.91. The molecule has 4 aromatic rings. The number of imidazole rings is 1. The van der Waals surface area contributed by atoms with Gasteiger partial charge in [0.1, 0.15) is 11.4 Å². The number of carbonyl (C=O) groups excluding carboxylic acids is 3. The van der Waals surface area contributed by atoms with Gasteiger partial charge in [0.05, 0.1) is 40.1 Å². The molecule has 1 saturated heterocycles. The van der Waals surface area contributed by atoms with Crippen molar-refractivity contribution in [2.24, 2.45) is 5.73 Å². The molecule has 0 unspecified atom stereocenters. The lowest BCUT2D eigenvalue weighted by Gasteiger charge is -2.45. The molecule has 0 spiro atoms. The molecule has 1 fully saturated rings.